The average molecular weight is 521 g/mol. The first-order valence-electron chi connectivity index (χ1n) is 0. The van der Waals surface area contributed by atoms with Crippen molar-refractivity contribution in [2.75, 3.05) is 0 Å². The summed E-state index contributed by atoms with van der Waals surface area (Å²) in [6.45, 7) is 0. The van der Waals surface area contributed by atoms with Crippen molar-refractivity contribution < 1.29 is 55.0 Å². The first-order valence-corrected chi connectivity index (χ1v) is 0. The van der Waals surface area contributed by atoms with Gasteiger partial charge in [0.25, 0.3) is 0 Å². The van der Waals surface area contributed by atoms with Crippen molar-refractivity contribution in [3.8, 4) is 0 Å². The van der Waals surface area contributed by atoms with E-state index in [0.717, 1.165) is 0 Å². The summed E-state index contributed by atoms with van der Waals surface area (Å²) >= 11 is 0. The SMILES string of the molecule is [AsH3].[Cd].[Hg].[TeH2]. The minimum atomic E-state index is 0. The van der Waals surface area contributed by atoms with Crippen LogP contribution in [0, 0.1) is 0 Å². The molecular weight excluding hydrogens is 516 g/mol. The molecule has 0 spiro atoms. The molecule has 0 fully saturated rings. The summed E-state index contributed by atoms with van der Waals surface area (Å²) in [6, 6.07) is 0. The van der Waals surface area contributed by atoms with Gasteiger partial charge < -0.3 is 0 Å². The van der Waals surface area contributed by atoms with Crippen molar-refractivity contribution in [3.63, 3.8) is 0 Å². The molecule has 20 valence electrons. The normalized spacial score (nSPS) is 0. The molecule has 0 rings (SSSR count). The monoisotopic (exact) mass is 526 g/mol. The molecule has 1 atom stereocenters. The molecule has 1 unspecified atom stereocenters. The molecule has 0 aliphatic heterocycles. The summed E-state index contributed by atoms with van der Waals surface area (Å²) in [5.74, 6) is 0. The van der Waals surface area contributed by atoms with Crippen molar-refractivity contribution in [1.29, 1.82) is 0 Å². The van der Waals surface area contributed by atoms with Crippen LogP contribution in [0.1, 0.15) is 0 Å². The summed E-state index contributed by atoms with van der Waals surface area (Å²) < 4.78 is 0. The summed E-state index contributed by atoms with van der Waals surface area (Å²) in [7, 11) is 0. The Hall–Kier alpha value is 3.21. The molecule has 0 aromatic carbocycles. The minimum absolute atomic E-state index is 0. The zero-order valence-electron chi connectivity index (χ0n) is 2.62. The summed E-state index contributed by atoms with van der Waals surface area (Å²) in [4.78, 5) is 0. The van der Waals surface area contributed by atoms with Gasteiger partial charge in [0.2, 0.25) is 0 Å². The van der Waals surface area contributed by atoms with Crippen LogP contribution in [0.3, 0.4) is 0 Å². The van der Waals surface area contributed by atoms with E-state index in [1.54, 1.807) is 0 Å². The van der Waals surface area contributed by atoms with E-state index in [1.807, 2.05) is 0 Å². The molecule has 0 heterocycles. The maximum absolute atomic E-state index is 0. The molecule has 0 radical (unpaired) electrons. The Bertz CT molecular complexity index is 8.00. The quantitative estimate of drug-likeness (QED) is 0.321. The van der Waals surface area contributed by atoms with E-state index in [-0.39, 0.29) is 96.6 Å². The maximum atomic E-state index is 0. The second-order valence-electron chi connectivity index (χ2n) is 0. The van der Waals surface area contributed by atoms with Crippen LogP contribution < -0.4 is 0 Å². The van der Waals surface area contributed by atoms with E-state index in [9.17, 15) is 0 Å². The van der Waals surface area contributed by atoms with Crippen molar-refractivity contribution in [2.45, 2.75) is 0 Å². The third-order valence-electron chi connectivity index (χ3n) is 0. The molecule has 0 aromatic heterocycles. The van der Waals surface area contributed by atoms with E-state index in [4.69, 9.17) is 0 Å². The molecule has 0 aliphatic rings. The molecule has 4 heteroatoms. The van der Waals surface area contributed by atoms with Crippen LogP contribution in [0.2, 0.25) is 0 Å². The standard InChI is InChI=1S/AsH3.Cd.Hg.H2Te/h1H3;;;1H2. The van der Waals surface area contributed by atoms with Gasteiger partial charge in [-0.3, -0.25) is 0 Å². The van der Waals surface area contributed by atoms with Crippen LogP contribution in [0.25, 0.3) is 0 Å². The van der Waals surface area contributed by atoms with Crippen LogP contribution in [-0.4, -0.2) is 41.6 Å². The molecule has 4 heavy (non-hydrogen) atoms. The van der Waals surface area contributed by atoms with Gasteiger partial charge in [0.05, 0.1) is 0 Å². The van der Waals surface area contributed by atoms with Gasteiger partial charge in [-0.2, -0.15) is 0 Å². The van der Waals surface area contributed by atoms with Gasteiger partial charge in [0.15, 0.2) is 0 Å². The zero-order valence-corrected chi connectivity index (χ0v) is 18.0. The Morgan fingerprint density at radius 2 is 1.00 bits per heavy atom. The first-order chi connectivity index (χ1) is 0. The molecule has 0 saturated carbocycles. The summed E-state index contributed by atoms with van der Waals surface area (Å²) in [5.41, 5.74) is 0. The van der Waals surface area contributed by atoms with Gasteiger partial charge in [-0.05, 0) is 0 Å². The molecule has 0 aliphatic carbocycles. The summed E-state index contributed by atoms with van der Waals surface area (Å²) in [5, 5.41) is 0. The molecular formula is H5AsCdHgTe. The second-order valence-corrected chi connectivity index (χ2v) is 0. The number of hydrogen-bond donors (Lipinski definition) is 0. The molecule has 0 nitrogen and oxygen atoms in total. The predicted molar refractivity (Wildman–Crippen MR) is 18.5 cm³/mol. The van der Waals surface area contributed by atoms with Crippen LogP contribution in [0.4, 0.5) is 0 Å². The Kier molecular flexibility index (Phi) is 110. The van der Waals surface area contributed by atoms with Crippen LogP contribution in [-0.2, 0) is 55.0 Å². The van der Waals surface area contributed by atoms with Crippen molar-refractivity contribution in [2.24, 2.45) is 0 Å². The van der Waals surface area contributed by atoms with Gasteiger partial charge in [0.1, 0.15) is 0 Å². The molecule has 0 saturated heterocycles. The van der Waals surface area contributed by atoms with Gasteiger partial charge >= 0.3 is 41.6 Å². The molecule has 0 N–H and O–H groups in total. The van der Waals surface area contributed by atoms with E-state index in [0.29, 0.717) is 0 Å². The zero-order chi connectivity index (χ0) is 0. The Balaban J connectivity index is 0. The first kappa shape index (κ1) is 27.0. The van der Waals surface area contributed by atoms with Gasteiger partial charge in [-0.25, -0.2) is 0 Å². The van der Waals surface area contributed by atoms with Crippen LogP contribution in [0.15, 0.2) is 0 Å². The predicted octanol–water partition coefficient (Wildman–Crippen LogP) is -2.11. The van der Waals surface area contributed by atoms with Gasteiger partial charge in [-0.15, -0.1) is 0 Å². The third kappa shape index (κ3) is 8.96. The third-order valence-corrected chi connectivity index (χ3v) is 0. The fraction of sp³-hybridized carbons (Fsp3) is 0. The topological polar surface area (TPSA) is 0 Å². The summed E-state index contributed by atoms with van der Waals surface area (Å²) in [6.07, 6.45) is 0. The number of hydrogen-bond acceptors (Lipinski definition) is 0. The van der Waals surface area contributed by atoms with Crippen LogP contribution >= 0.6 is 0 Å². The van der Waals surface area contributed by atoms with Crippen molar-refractivity contribution in [1.82, 2.24) is 0 Å². The van der Waals surface area contributed by atoms with E-state index >= 15 is 0 Å². The Morgan fingerprint density at radius 1 is 1.00 bits per heavy atom. The van der Waals surface area contributed by atoms with Gasteiger partial charge in [-0.1, -0.05) is 0 Å². The second kappa shape index (κ2) is 16.4. The average Bonchev–Trinajstić information content (AvgIpc) is 0. The fourth-order valence-corrected chi connectivity index (χ4v) is 0. The molecule has 0 bridgehead atoms. The van der Waals surface area contributed by atoms with Crippen molar-refractivity contribution >= 4 is 41.6 Å². The van der Waals surface area contributed by atoms with Crippen LogP contribution in [0.5, 0.6) is 0 Å². The van der Waals surface area contributed by atoms with E-state index in [1.165, 1.54) is 0 Å². The van der Waals surface area contributed by atoms with Gasteiger partial charge in [0, 0.05) is 55.0 Å². The Morgan fingerprint density at radius 3 is 1.00 bits per heavy atom. The van der Waals surface area contributed by atoms with E-state index in [2.05, 4.69) is 0 Å². The fourth-order valence-electron chi connectivity index (χ4n) is 0. The molecule has 0 aromatic rings. The Labute approximate surface area is 94.6 Å². The van der Waals surface area contributed by atoms with Crippen molar-refractivity contribution in [3.05, 3.63) is 0 Å². The van der Waals surface area contributed by atoms with E-state index < -0.39 is 0 Å². The number of rotatable bonds is 0. The molecule has 0 amide bonds.